The Morgan fingerprint density at radius 2 is 2.09 bits per heavy atom. The number of amides is 1. The number of thiophene rings is 1. The number of aromatic nitrogens is 8. The highest BCUT2D eigenvalue weighted by molar-refractivity contribution is 7.15. The molecular formula is C21H19F2N9O2S. The molecule has 5 heterocycles. The second-order valence-corrected chi connectivity index (χ2v) is 9.33. The number of pyridine rings is 1. The van der Waals surface area contributed by atoms with Crippen LogP contribution in [0.4, 0.5) is 8.78 Å². The average molecular weight is 500 g/mol. The molecule has 5 aromatic heterocycles. The van der Waals surface area contributed by atoms with E-state index in [1.165, 1.54) is 17.4 Å². The summed E-state index contributed by atoms with van der Waals surface area (Å²) in [5, 5.41) is 17.2. The molecule has 5 aromatic rings. The van der Waals surface area contributed by atoms with Crippen molar-refractivity contribution in [2.24, 2.45) is 0 Å². The minimum absolute atomic E-state index is 0.125. The third kappa shape index (κ3) is 4.16. The molecule has 1 atom stereocenters. The van der Waals surface area contributed by atoms with Gasteiger partial charge in [-0.15, -0.1) is 16.4 Å². The van der Waals surface area contributed by atoms with E-state index in [0.29, 0.717) is 24.1 Å². The zero-order valence-corrected chi connectivity index (χ0v) is 19.8. The van der Waals surface area contributed by atoms with Crippen LogP contribution in [0, 0.1) is 13.8 Å². The van der Waals surface area contributed by atoms with E-state index in [4.69, 9.17) is 4.52 Å². The van der Waals surface area contributed by atoms with Gasteiger partial charge < -0.3 is 9.84 Å². The van der Waals surface area contributed by atoms with Gasteiger partial charge in [0.05, 0.1) is 22.3 Å². The Labute approximate surface area is 200 Å². The molecule has 0 spiro atoms. The van der Waals surface area contributed by atoms with Gasteiger partial charge in [-0.3, -0.25) is 9.20 Å². The van der Waals surface area contributed by atoms with Crippen molar-refractivity contribution in [2.45, 2.75) is 39.7 Å². The van der Waals surface area contributed by atoms with Crippen LogP contribution < -0.4 is 5.32 Å². The quantitative estimate of drug-likeness (QED) is 0.375. The van der Waals surface area contributed by atoms with Gasteiger partial charge in [0.15, 0.2) is 11.5 Å². The molecule has 14 heteroatoms. The second-order valence-electron chi connectivity index (χ2n) is 8.04. The van der Waals surface area contributed by atoms with Gasteiger partial charge >= 0.3 is 5.92 Å². The molecular weight excluding hydrogens is 480 g/mol. The largest absolute Gasteiger partial charge is 0.340 e. The minimum Gasteiger partial charge on any atom is -0.340 e. The van der Waals surface area contributed by atoms with Gasteiger partial charge in [-0.05, 0) is 49.4 Å². The second kappa shape index (κ2) is 8.30. The first-order valence-corrected chi connectivity index (χ1v) is 11.3. The molecule has 1 amide bonds. The molecule has 35 heavy (non-hydrogen) atoms. The van der Waals surface area contributed by atoms with Gasteiger partial charge in [-0.25, -0.2) is 4.98 Å². The van der Waals surface area contributed by atoms with Crippen LogP contribution in [0.2, 0.25) is 0 Å². The normalized spacial score (nSPS) is 12.9. The molecule has 0 aliphatic heterocycles. The van der Waals surface area contributed by atoms with Crippen molar-refractivity contribution in [1.29, 1.82) is 0 Å². The topological polar surface area (TPSA) is 129 Å². The summed E-state index contributed by atoms with van der Waals surface area (Å²) in [5.74, 6) is -3.82. The first-order chi connectivity index (χ1) is 16.6. The first-order valence-electron chi connectivity index (χ1n) is 10.5. The Balaban J connectivity index is 1.65. The van der Waals surface area contributed by atoms with Crippen molar-refractivity contribution in [3.05, 3.63) is 58.6 Å². The van der Waals surface area contributed by atoms with E-state index in [9.17, 15) is 13.6 Å². The molecule has 0 aliphatic carbocycles. The van der Waals surface area contributed by atoms with Gasteiger partial charge in [0.1, 0.15) is 11.7 Å². The standard InChI is InChI=1S/C21H19F2N9O2S/c1-10-5-6-16(35-10)15-8-24-17-14(32-20(21(4,22)23)27-29-30-32)7-13(9-31(15)17)18(33)25-11(2)19-26-12(3)28-34-19/h5-9,11H,1-4H3,(H,25,33). The summed E-state index contributed by atoms with van der Waals surface area (Å²) in [6.07, 6.45) is 3.20. The van der Waals surface area contributed by atoms with Crippen molar-refractivity contribution in [3.63, 3.8) is 0 Å². The van der Waals surface area contributed by atoms with Crippen LogP contribution in [0.25, 0.3) is 21.9 Å². The number of alkyl halides is 2. The highest BCUT2D eigenvalue weighted by Crippen LogP contribution is 2.32. The Kier molecular flexibility index (Phi) is 5.39. The van der Waals surface area contributed by atoms with E-state index in [2.05, 4.69) is 36.0 Å². The molecule has 0 saturated carbocycles. The van der Waals surface area contributed by atoms with E-state index in [1.807, 2.05) is 19.1 Å². The Hall–Kier alpha value is -4.07. The smallest absolute Gasteiger partial charge is 0.305 e. The number of rotatable bonds is 6. The molecule has 0 bridgehead atoms. The number of carbonyl (C=O) groups is 1. The maximum atomic E-state index is 14.2. The number of nitrogens with zero attached hydrogens (tertiary/aromatic N) is 8. The number of halogens is 2. The number of aryl methyl sites for hydroxylation is 2. The van der Waals surface area contributed by atoms with Crippen LogP contribution in [0.3, 0.4) is 0 Å². The van der Waals surface area contributed by atoms with Crippen LogP contribution in [0.1, 0.15) is 52.7 Å². The maximum absolute atomic E-state index is 14.2. The van der Waals surface area contributed by atoms with E-state index in [-0.39, 0.29) is 17.1 Å². The monoisotopic (exact) mass is 499 g/mol. The summed E-state index contributed by atoms with van der Waals surface area (Å²) < 4.78 is 36.2. The lowest BCUT2D eigenvalue weighted by Gasteiger charge is -2.14. The van der Waals surface area contributed by atoms with Crippen LogP contribution in [0.15, 0.2) is 35.1 Å². The minimum atomic E-state index is -3.33. The number of tetrazole rings is 1. The molecule has 0 fully saturated rings. The predicted molar refractivity (Wildman–Crippen MR) is 120 cm³/mol. The van der Waals surface area contributed by atoms with E-state index >= 15 is 0 Å². The van der Waals surface area contributed by atoms with Gasteiger partial charge in [-0.1, -0.05) is 5.16 Å². The van der Waals surface area contributed by atoms with Crippen LogP contribution >= 0.6 is 11.3 Å². The molecule has 1 N–H and O–H groups in total. The van der Waals surface area contributed by atoms with Crippen LogP contribution in [-0.4, -0.2) is 45.6 Å². The lowest BCUT2D eigenvalue weighted by Crippen LogP contribution is -2.27. The Morgan fingerprint density at radius 3 is 2.74 bits per heavy atom. The van der Waals surface area contributed by atoms with Gasteiger partial charge in [0.2, 0.25) is 11.7 Å². The third-order valence-electron chi connectivity index (χ3n) is 5.19. The third-order valence-corrected chi connectivity index (χ3v) is 6.22. The summed E-state index contributed by atoms with van der Waals surface area (Å²) >= 11 is 1.54. The van der Waals surface area contributed by atoms with Crippen LogP contribution in [-0.2, 0) is 5.92 Å². The van der Waals surface area contributed by atoms with Crippen molar-refractivity contribution < 1.29 is 18.1 Å². The number of hydrogen-bond acceptors (Lipinski definition) is 9. The lowest BCUT2D eigenvalue weighted by molar-refractivity contribution is 0.00530. The number of nitrogens with one attached hydrogen (secondary N) is 1. The zero-order chi connectivity index (χ0) is 24.9. The summed E-state index contributed by atoms with van der Waals surface area (Å²) in [5.41, 5.74) is 1.29. The van der Waals surface area contributed by atoms with E-state index in [1.54, 1.807) is 30.6 Å². The van der Waals surface area contributed by atoms with Crippen molar-refractivity contribution >= 4 is 22.9 Å². The number of imidazole rings is 1. The van der Waals surface area contributed by atoms with E-state index < -0.39 is 23.7 Å². The summed E-state index contributed by atoms with van der Waals surface area (Å²) in [6, 6.07) is 4.72. The molecule has 0 aromatic carbocycles. The molecule has 0 aliphatic rings. The summed E-state index contributed by atoms with van der Waals surface area (Å²) in [7, 11) is 0. The predicted octanol–water partition coefficient (Wildman–Crippen LogP) is 3.64. The highest BCUT2D eigenvalue weighted by atomic mass is 32.1. The van der Waals surface area contributed by atoms with Gasteiger partial charge in [0.25, 0.3) is 5.91 Å². The summed E-state index contributed by atoms with van der Waals surface area (Å²) in [4.78, 5) is 23.8. The first kappa shape index (κ1) is 22.7. The summed E-state index contributed by atoms with van der Waals surface area (Å²) in [6.45, 7) is 6.03. The van der Waals surface area contributed by atoms with Crippen molar-refractivity contribution in [1.82, 2.24) is 45.0 Å². The van der Waals surface area contributed by atoms with Crippen molar-refractivity contribution in [2.75, 3.05) is 0 Å². The molecule has 5 rings (SSSR count). The fourth-order valence-electron chi connectivity index (χ4n) is 3.56. The Morgan fingerprint density at radius 1 is 1.29 bits per heavy atom. The van der Waals surface area contributed by atoms with Crippen LogP contribution in [0.5, 0.6) is 0 Å². The number of carbonyl (C=O) groups excluding carboxylic acids is 1. The molecule has 0 radical (unpaired) electrons. The zero-order valence-electron chi connectivity index (χ0n) is 19.0. The van der Waals surface area contributed by atoms with Gasteiger partial charge in [0, 0.05) is 18.0 Å². The maximum Gasteiger partial charge on any atom is 0.305 e. The molecule has 180 valence electrons. The fraction of sp³-hybridized carbons (Fsp3) is 0.286. The Bertz CT molecular complexity index is 1550. The number of fused-ring (bicyclic) bond motifs is 1. The molecule has 1 unspecified atom stereocenters. The SMILES string of the molecule is Cc1noc(C(C)NC(=O)c2cc(-n3nnnc3C(C)(F)F)c3ncc(-c4ccc(C)s4)n3c2)n1. The molecule has 0 saturated heterocycles. The lowest BCUT2D eigenvalue weighted by atomic mass is 10.2. The fourth-order valence-corrected chi connectivity index (χ4v) is 4.43. The van der Waals surface area contributed by atoms with E-state index in [0.717, 1.165) is 14.4 Å². The molecule has 11 nitrogen and oxygen atoms in total. The number of hydrogen-bond donors (Lipinski definition) is 1. The van der Waals surface area contributed by atoms with Crippen molar-refractivity contribution in [3.8, 4) is 16.3 Å². The average Bonchev–Trinajstić information content (AvgIpc) is 3.58. The van der Waals surface area contributed by atoms with Gasteiger partial charge in [-0.2, -0.15) is 18.4 Å². The highest BCUT2D eigenvalue weighted by Gasteiger charge is 2.34.